The molecule has 1 aromatic heterocycles. The summed E-state index contributed by atoms with van der Waals surface area (Å²) < 4.78 is 1.74. The van der Waals surface area contributed by atoms with Crippen molar-refractivity contribution >= 4 is 5.97 Å². The second kappa shape index (κ2) is 5.50. The molecule has 0 radical (unpaired) electrons. The molecule has 1 atom stereocenters. The van der Waals surface area contributed by atoms with Crippen LogP contribution in [0.4, 0.5) is 0 Å². The summed E-state index contributed by atoms with van der Waals surface area (Å²) in [5.41, 5.74) is 0. The van der Waals surface area contributed by atoms with Crippen molar-refractivity contribution in [3.63, 3.8) is 0 Å². The Morgan fingerprint density at radius 1 is 1.50 bits per heavy atom. The molecule has 1 fully saturated rings. The van der Waals surface area contributed by atoms with E-state index >= 15 is 0 Å². The Hall–Kier alpha value is -1.39. The Bertz CT molecular complexity index is 408. The van der Waals surface area contributed by atoms with Crippen molar-refractivity contribution < 1.29 is 9.90 Å². The van der Waals surface area contributed by atoms with Gasteiger partial charge in [0.15, 0.2) is 0 Å². The van der Waals surface area contributed by atoms with E-state index in [1.165, 1.54) is 25.7 Å². The summed E-state index contributed by atoms with van der Waals surface area (Å²) in [5, 5.41) is 17.3. The van der Waals surface area contributed by atoms with Gasteiger partial charge in [-0.15, -0.1) is 10.2 Å². The third-order valence-corrected chi connectivity index (χ3v) is 3.78. The van der Waals surface area contributed by atoms with E-state index in [4.69, 9.17) is 0 Å². The molecular formula is C13H21N3O2. The van der Waals surface area contributed by atoms with Crippen LogP contribution in [0, 0.1) is 11.8 Å². The van der Waals surface area contributed by atoms with Gasteiger partial charge in [-0.2, -0.15) is 0 Å². The van der Waals surface area contributed by atoms with Crippen molar-refractivity contribution in [3.8, 4) is 0 Å². The molecule has 1 aliphatic rings. The number of hydrogen-bond acceptors (Lipinski definition) is 3. The second-order valence-corrected chi connectivity index (χ2v) is 5.54. The molecule has 5 nitrogen and oxygen atoms in total. The van der Waals surface area contributed by atoms with E-state index in [9.17, 15) is 9.90 Å². The molecule has 100 valence electrons. The summed E-state index contributed by atoms with van der Waals surface area (Å²) in [7, 11) is 0. The number of carboxylic acids is 1. The lowest BCUT2D eigenvalue weighted by Gasteiger charge is -2.20. The van der Waals surface area contributed by atoms with Gasteiger partial charge in [-0.05, 0) is 11.8 Å². The minimum Gasteiger partial charge on any atom is -0.480 e. The number of aliphatic carboxylic acids is 1. The van der Waals surface area contributed by atoms with Crippen LogP contribution in [0.2, 0.25) is 0 Å². The molecule has 1 unspecified atom stereocenters. The first-order valence-electron chi connectivity index (χ1n) is 6.70. The van der Waals surface area contributed by atoms with Gasteiger partial charge in [0.05, 0.1) is 0 Å². The summed E-state index contributed by atoms with van der Waals surface area (Å²) in [5.74, 6) is 0.691. The predicted molar refractivity (Wildman–Crippen MR) is 67.2 cm³/mol. The summed E-state index contributed by atoms with van der Waals surface area (Å²) in [4.78, 5) is 11.4. The Morgan fingerprint density at radius 3 is 2.72 bits per heavy atom. The molecule has 2 rings (SSSR count). The van der Waals surface area contributed by atoms with Crippen LogP contribution in [0.5, 0.6) is 0 Å². The number of carboxylic acid groups (broad SMARTS) is 1. The number of rotatable bonds is 5. The quantitative estimate of drug-likeness (QED) is 0.871. The molecule has 1 N–H and O–H groups in total. The fourth-order valence-electron chi connectivity index (χ4n) is 2.84. The van der Waals surface area contributed by atoms with Crippen LogP contribution in [0.3, 0.4) is 0 Å². The molecule has 0 amide bonds. The number of carbonyl (C=O) groups is 1. The van der Waals surface area contributed by atoms with Crippen molar-refractivity contribution in [2.24, 2.45) is 11.8 Å². The van der Waals surface area contributed by atoms with Gasteiger partial charge in [-0.25, -0.2) is 4.79 Å². The van der Waals surface area contributed by atoms with Crippen molar-refractivity contribution in [1.82, 2.24) is 14.8 Å². The van der Waals surface area contributed by atoms with E-state index in [1.807, 2.05) is 13.8 Å². The largest absolute Gasteiger partial charge is 0.480 e. The standard InChI is InChI=1S/C13H21N3O2/c1-9(2)12(13(17)18)16-8-14-15-11(16)7-10-5-3-4-6-10/h8-10,12H,3-7H2,1-2H3,(H,17,18). The third-order valence-electron chi connectivity index (χ3n) is 3.78. The fraction of sp³-hybridized carbons (Fsp3) is 0.769. The highest BCUT2D eigenvalue weighted by Gasteiger charge is 2.27. The molecule has 0 aromatic carbocycles. The molecule has 18 heavy (non-hydrogen) atoms. The van der Waals surface area contributed by atoms with Crippen LogP contribution in [0.1, 0.15) is 51.4 Å². The van der Waals surface area contributed by atoms with Gasteiger partial charge >= 0.3 is 5.97 Å². The minimum absolute atomic E-state index is 0.0285. The smallest absolute Gasteiger partial charge is 0.327 e. The van der Waals surface area contributed by atoms with Crippen LogP contribution in [0.15, 0.2) is 6.33 Å². The lowest BCUT2D eigenvalue weighted by Crippen LogP contribution is -2.26. The molecule has 0 bridgehead atoms. The first-order chi connectivity index (χ1) is 8.59. The maximum atomic E-state index is 11.4. The Balaban J connectivity index is 2.17. The van der Waals surface area contributed by atoms with E-state index in [0.29, 0.717) is 5.92 Å². The van der Waals surface area contributed by atoms with Gasteiger partial charge < -0.3 is 9.67 Å². The molecule has 0 saturated heterocycles. The summed E-state index contributed by atoms with van der Waals surface area (Å²) in [6.45, 7) is 3.83. The topological polar surface area (TPSA) is 68.0 Å². The Labute approximate surface area is 107 Å². The molecule has 1 aromatic rings. The Kier molecular flexibility index (Phi) is 3.99. The van der Waals surface area contributed by atoms with Gasteiger partial charge in [-0.1, -0.05) is 39.5 Å². The SMILES string of the molecule is CC(C)C(C(=O)O)n1cnnc1CC1CCCC1. The molecule has 5 heteroatoms. The first kappa shape index (κ1) is 13.1. The number of hydrogen-bond donors (Lipinski definition) is 1. The third kappa shape index (κ3) is 2.71. The average Bonchev–Trinajstić information content (AvgIpc) is 2.91. The summed E-state index contributed by atoms with van der Waals surface area (Å²) in [6, 6.07) is -0.559. The molecule has 1 saturated carbocycles. The van der Waals surface area contributed by atoms with E-state index in [0.717, 1.165) is 12.2 Å². The van der Waals surface area contributed by atoms with Crippen LogP contribution in [-0.4, -0.2) is 25.8 Å². The van der Waals surface area contributed by atoms with Crippen LogP contribution >= 0.6 is 0 Å². The van der Waals surface area contributed by atoms with E-state index in [1.54, 1.807) is 10.9 Å². The molecule has 1 aliphatic carbocycles. The van der Waals surface area contributed by atoms with Crippen LogP contribution in [-0.2, 0) is 11.2 Å². The van der Waals surface area contributed by atoms with E-state index in [2.05, 4.69) is 10.2 Å². The summed E-state index contributed by atoms with van der Waals surface area (Å²) >= 11 is 0. The minimum atomic E-state index is -0.808. The fourth-order valence-corrected chi connectivity index (χ4v) is 2.84. The highest BCUT2D eigenvalue weighted by molar-refractivity contribution is 5.72. The van der Waals surface area contributed by atoms with Gasteiger partial charge in [0.25, 0.3) is 0 Å². The zero-order valence-electron chi connectivity index (χ0n) is 11.0. The highest BCUT2D eigenvalue weighted by Crippen LogP contribution is 2.28. The highest BCUT2D eigenvalue weighted by atomic mass is 16.4. The van der Waals surface area contributed by atoms with Crippen LogP contribution < -0.4 is 0 Å². The van der Waals surface area contributed by atoms with Crippen molar-refractivity contribution in [3.05, 3.63) is 12.2 Å². The van der Waals surface area contributed by atoms with Gasteiger partial charge in [0, 0.05) is 6.42 Å². The average molecular weight is 251 g/mol. The maximum absolute atomic E-state index is 11.4. The monoisotopic (exact) mass is 251 g/mol. The molecule has 0 spiro atoms. The van der Waals surface area contributed by atoms with Gasteiger partial charge in [0.2, 0.25) is 0 Å². The second-order valence-electron chi connectivity index (χ2n) is 5.54. The zero-order valence-corrected chi connectivity index (χ0v) is 11.0. The summed E-state index contributed by atoms with van der Waals surface area (Å²) in [6.07, 6.45) is 7.44. The predicted octanol–water partition coefficient (Wildman–Crippen LogP) is 2.29. The first-order valence-corrected chi connectivity index (χ1v) is 6.70. The molecule has 0 aliphatic heterocycles. The molecular weight excluding hydrogens is 230 g/mol. The number of aromatic nitrogens is 3. The lowest BCUT2D eigenvalue weighted by atomic mass is 10.0. The van der Waals surface area contributed by atoms with Crippen molar-refractivity contribution in [1.29, 1.82) is 0 Å². The number of nitrogens with zero attached hydrogens (tertiary/aromatic N) is 3. The van der Waals surface area contributed by atoms with Crippen molar-refractivity contribution in [2.45, 2.75) is 52.0 Å². The van der Waals surface area contributed by atoms with Crippen molar-refractivity contribution in [2.75, 3.05) is 0 Å². The van der Waals surface area contributed by atoms with E-state index < -0.39 is 12.0 Å². The normalized spacial score (nSPS) is 18.4. The van der Waals surface area contributed by atoms with Gasteiger partial charge in [-0.3, -0.25) is 0 Å². The lowest BCUT2D eigenvalue weighted by molar-refractivity contribution is -0.142. The maximum Gasteiger partial charge on any atom is 0.327 e. The Morgan fingerprint density at radius 2 is 2.17 bits per heavy atom. The molecule has 1 heterocycles. The van der Waals surface area contributed by atoms with Crippen LogP contribution in [0.25, 0.3) is 0 Å². The van der Waals surface area contributed by atoms with E-state index in [-0.39, 0.29) is 5.92 Å². The van der Waals surface area contributed by atoms with Gasteiger partial charge in [0.1, 0.15) is 18.2 Å². The zero-order chi connectivity index (χ0) is 13.1.